The summed E-state index contributed by atoms with van der Waals surface area (Å²) in [5.41, 5.74) is 10.2. The van der Waals surface area contributed by atoms with Crippen LogP contribution in [0.3, 0.4) is 0 Å². The van der Waals surface area contributed by atoms with E-state index in [9.17, 15) is 0 Å². The van der Waals surface area contributed by atoms with Crippen molar-refractivity contribution < 1.29 is 4.74 Å². The molecule has 0 spiro atoms. The average molecular weight is 267 g/mol. The van der Waals surface area contributed by atoms with E-state index in [1.807, 2.05) is 12.1 Å². The van der Waals surface area contributed by atoms with E-state index in [1.165, 1.54) is 16.7 Å². The zero-order valence-electron chi connectivity index (χ0n) is 11.9. The maximum Gasteiger partial charge on any atom is 0.123 e. The van der Waals surface area contributed by atoms with Gasteiger partial charge in [0.1, 0.15) is 11.9 Å². The zero-order valence-corrected chi connectivity index (χ0v) is 11.9. The number of para-hydroxylation sites is 1. The lowest BCUT2D eigenvalue weighted by Crippen LogP contribution is -2.30. The molecule has 1 heterocycles. The van der Waals surface area contributed by atoms with Crippen molar-refractivity contribution in [1.29, 1.82) is 0 Å². The first-order valence-electron chi connectivity index (χ1n) is 7.37. The molecule has 2 nitrogen and oxygen atoms in total. The predicted molar refractivity (Wildman–Crippen MR) is 81.9 cm³/mol. The molecule has 0 amide bonds. The Labute approximate surface area is 120 Å². The maximum absolute atomic E-state index is 6.42. The summed E-state index contributed by atoms with van der Waals surface area (Å²) in [4.78, 5) is 0. The van der Waals surface area contributed by atoms with E-state index in [0.29, 0.717) is 0 Å². The molecule has 2 atom stereocenters. The van der Waals surface area contributed by atoms with Crippen LogP contribution in [0.2, 0.25) is 0 Å². The van der Waals surface area contributed by atoms with Crippen molar-refractivity contribution >= 4 is 0 Å². The Balaban J connectivity index is 1.77. The SMILES string of the molecule is CCCc1cccc(C(N)C2Cc3ccccc3O2)c1. The molecule has 2 aromatic rings. The number of hydrogen-bond acceptors (Lipinski definition) is 2. The third-order valence-corrected chi connectivity index (χ3v) is 3.95. The summed E-state index contributed by atoms with van der Waals surface area (Å²) < 4.78 is 6.00. The highest BCUT2D eigenvalue weighted by atomic mass is 16.5. The van der Waals surface area contributed by atoms with E-state index in [4.69, 9.17) is 10.5 Å². The van der Waals surface area contributed by atoms with Gasteiger partial charge in [-0.1, -0.05) is 55.8 Å². The van der Waals surface area contributed by atoms with Gasteiger partial charge in [0.2, 0.25) is 0 Å². The van der Waals surface area contributed by atoms with Crippen molar-refractivity contribution in [2.45, 2.75) is 38.3 Å². The number of hydrogen-bond donors (Lipinski definition) is 1. The molecule has 0 saturated heterocycles. The summed E-state index contributed by atoms with van der Waals surface area (Å²) in [6.07, 6.45) is 3.20. The van der Waals surface area contributed by atoms with Crippen molar-refractivity contribution in [3.05, 3.63) is 65.2 Å². The lowest BCUT2D eigenvalue weighted by Gasteiger charge is -2.20. The van der Waals surface area contributed by atoms with Gasteiger partial charge in [-0.05, 0) is 29.2 Å². The molecular weight excluding hydrogens is 246 g/mol. The van der Waals surface area contributed by atoms with Gasteiger partial charge in [-0.3, -0.25) is 0 Å². The molecule has 3 rings (SSSR count). The van der Waals surface area contributed by atoms with Crippen LogP contribution in [0.15, 0.2) is 48.5 Å². The van der Waals surface area contributed by atoms with Crippen LogP contribution in [0.25, 0.3) is 0 Å². The van der Waals surface area contributed by atoms with Gasteiger partial charge < -0.3 is 10.5 Å². The highest BCUT2D eigenvalue weighted by Gasteiger charge is 2.28. The van der Waals surface area contributed by atoms with Crippen LogP contribution in [0.4, 0.5) is 0 Å². The van der Waals surface area contributed by atoms with E-state index in [0.717, 1.165) is 25.0 Å². The molecule has 0 radical (unpaired) electrons. The Morgan fingerprint density at radius 2 is 2.05 bits per heavy atom. The van der Waals surface area contributed by atoms with Crippen LogP contribution in [0, 0.1) is 0 Å². The summed E-state index contributed by atoms with van der Waals surface area (Å²) in [5, 5.41) is 0. The summed E-state index contributed by atoms with van der Waals surface area (Å²) in [7, 11) is 0. The first-order chi connectivity index (χ1) is 9.78. The molecule has 0 aromatic heterocycles. The van der Waals surface area contributed by atoms with Gasteiger partial charge in [0.05, 0.1) is 6.04 Å². The van der Waals surface area contributed by atoms with E-state index in [2.05, 4.69) is 43.3 Å². The van der Waals surface area contributed by atoms with Gasteiger partial charge in [-0.15, -0.1) is 0 Å². The first kappa shape index (κ1) is 13.2. The van der Waals surface area contributed by atoms with E-state index < -0.39 is 0 Å². The number of nitrogens with two attached hydrogens (primary N) is 1. The van der Waals surface area contributed by atoms with Gasteiger partial charge in [0, 0.05) is 6.42 Å². The van der Waals surface area contributed by atoms with Crippen LogP contribution >= 0.6 is 0 Å². The third-order valence-electron chi connectivity index (χ3n) is 3.95. The maximum atomic E-state index is 6.42. The van der Waals surface area contributed by atoms with Crippen LogP contribution in [-0.2, 0) is 12.8 Å². The molecule has 0 bridgehead atoms. The van der Waals surface area contributed by atoms with Gasteiger partial charge in [0.15, 0.2) is 0 Å². The number of rotatable bonds is 4. The lowest BCUT2D eigenvalue weighted by atomic mass is 9.96. The van der Waals surface area contributed by atoms with Crippen molar-refractivity contribution in [1.82, 2.24) is 0 Å². The van der Waals surface area contributed by atoms with E-state index in [-0.39, 0.29) is 12.1 Å². The fourth-order valence-electron chi connectivity index (χ4n) is 2.87. The quantitative estimate of drug-likeness (QED) is 0.918. The normalized spacial score (nSPS) is 18.4. The average Bonchev–Trinajstić information content (AvgIpc) is 2.91. The number of benzene rings is 2. The minimum Gasteiger partial charge on any atom is -0.488 e. The van der Waals surface area contributed by atoms with Crippen LogP contribution in [0.5, 0.6) is 5.75 Å². The Morgan fingerprint density at radius 3 is 2.85 bits per heavy atom. The lowest BCUT2D eigenvalue weighted by molar-refractivity contribution is 0.200. The van der Waals surface area contributed by atoms with Crippen LogP contribution < -0.4 is 10.5 Å². The first-order valence-corrected chi connectivity index (χ1v) is 7.37. The Morgan fingerprint density at radius 1 is 1.20 bits per heavy atom. The van der Waals surface area contributed by atoms with Crippen molar-refractivity contribution in [2.24, 2.45) is 5.73 Å². The van der Waals surface area contributed by atoms with Crippen molar-refractivity contribution in [3.8, 4) is 5.75 Å². The largest absolute Gasteiger partial charge is 0.488 e. The molecule has 104 valence electrons. The second-order valence-electron chi connectivity index (χ2n) is 5.49. The molecule has 1 aliphatic rings. The zero-order chi connectivity index (χ0) is 13.9. The molecule has 1 aliphatic heterocycles. The second kappa shape index (κ2) is 5.68. The fourth-order valence-corrected chi connectivity index (χ4v) is 2.87. The second-order valence-corrected chi connectivity index (χ2v) is 5.49. The number of fused-ring (bicyclic) bond motifs is 1. The molecule has 2 unspecified atom stereocenters. The molecular formula is C18H21NO. The van der Waals surface area contributed by atoms with E-state index in [1.54, 1.807) is 0 Å². The molecule has 0 aliphatic carbocycles. The summed E-state index contributed by atoms with van der Waals surface area (Å²) in [5.74, 6) is 0.984. The number of aryl methyl sites for hydroxylation is 1. The van der Waals surface area contributed by atoms with Gasteiger partial charge in [-0.25, -0.2) is 0 Å². The van der Waals surface area contributed by atoms with Crippen molar-refractivity contribution in [3.63, 3.8) is 0 Å². The monoisotopic (exact) mass is 267 g/mol. The molecule has 20 heavy (non-hydrogen) atoms. The van der Waals surface area contributed by atoms with Crippen molar-refractivity contribution in [2.75, 3.05) is 0 Å². The summed E-state index contributed by atoms with van der Waals surface area (Å²) in [6.45, 7) is 2.20. The molecule has 2 N–H and O–H groups in total. The predicted octanol–water partition coefficient (Wildman–Crippen LogP) is 3.64. The smallest absolute Gasteiger partial charge is 0.123 e. The highest BCUT2D eigenvalue weighted by molar-refractivity contribution is 5.39. The fraction of sp³-hybridized carbons (Fsp3) is 0.333. The Bertz CT molecular complexity index is 568. The highest BCUT2D eigenvalue weighted by Crippen LogP contribution is 2.33. The van der Waals surface area contributed by atoms with E-state index >= 15 is 0 Å². The van der Waals surface area contributed by atoms with Gasteiger partial charge >= 0.3 is 0 Å². The standard InChI is InChI=1S/C18H21NO/c1-2-6-13-7-5-9-15(11-13)18(19)17-12-14-8-3-4-10-16(14)20-17/h3-5,7-11,17-18H,2,6,12,19H2,1H3. The molecule has 2 aromatic carbocycles. The van der Waals surface area contributed by atoms with Crippen LogP contribution in [-0.4, -0.2) is 6.10 Å². The minimum atomic E-state index is -0.0702. The third kappa shape index (κ3) is 2.56. The summed E-state index contributed by atoms with van der Waals surface area (Å²) in [6, 6.07) is 16.7. The minimum absolute atomic E-state index is 0.0456. The molecule has 0 saturated carbocycles. The van der Waals surface area contributed by atoms with Gasteiger partial charge in [-0.2, -0.15) is 0 Å². The Hall–Kier alpha value is -1.80. The molecule has 0 fully saturated rings. The van der Waals surface area contributed by atoms with Crippen LogP contribution in [0.1, 0.15) is 36.1 Å². The van der Waals surface area contributed by atoms with Gasteiger partial charge in [0.25, 0.3) is 0 Å². The topological polar surface area (TPSA) is 35.2 Å². The summed E-state index contributed by atoms with van der Waals surface area (Å²) >= 11 is 0. The molecule has 2 heteroatoms. The Kier molecular flexibility index (Phi) is 3.75. The number of ether oxygens (including phenoxy) is 1.